The van der Waals surface area contributed by atoms with E-state index in [1.807, 2.05) is 0 Å². The molecule has 1 aliphatic carbocycles. The molecular weight excluding hydrogens is 158 g/mol. The highest BCUT2D eigenvalue weighted by Crippen LogP contribution is 2.38. The van der Waals surface area contributed by atoms with Gasteiger partial charge in [-0.05, 0) is 46.0 Å². The first kappa shape index (κ1) is 9.51. The van der Waals surface area contributed by atoms with Crippen molar-refractivity contribution >= 4 is 0 Å². The molecule has 1 heterocycles. The van der Waals surface area contributed by atoms with E-state index in [9.17, 15) is 0 Å². The summed E-state index contributed by atoms with van der Waals surface area (Å²) in [5, 5.41) is 0. The molecule has 0 aromatic heterocycles. The fraction of sp³-hybridized carbons (Fsp3) is 1.00. The van der Waals surface area contributed by atoms with Crippen molar-refractivity contribution in [3.05, 3.63) is 0 Å². The number of likely N-dealkylation sites (tertiary alicyclic amines) is 1. The van der Waals surface area contributed by atoms with Gasteiger partial charge in [0.1, 0.15) is 0 Å². The van der Waals surface area contributed by atoms with Gasteiger partial charge in [0.05, 0.1) is 0 Å². The van der Waals surface area contributed by atoms with E-state index in [0.29, 0.717) is 0 Å². The van der Waals surface area contributed by atoms with Crippen molar-refractivity contribution in [2.75, 3.05) is 0 Å². The van der Waals surface area contributed by atoms with Gasteiger partial charge in [-0.2, -0.15) is 0 Å². The molecule has 76 valence electrons. The van der Waals surface area contributed by atoms with Crippen molar-refractivity contribution in [2.24, 2.45) is 5.92 Å². The molecule has 2 fully saturated rings. The molecule has 0 aromatic carbocycles. The van der Waals surface area contributed by atoms with Crippen LogP contribution in [0, 0.1) is 5.92 Å². The molecular formula is C12H23N. The minimum absolute atomic E-state index is 0.749. The van der Waals surface area contributed by atoms with Gasteiger partial charge in [0.2, 0.25) is 0 Å². The van der Waals surface area contributed by atoms with Crippen molar-refractivity contribution < 1.29 is 0 Å². The fourth-order valence-corrected chi connectivity index (χ4v) is 3.64. The van der Waals surface area contributed by atoms with E-state index in [2.05, 4.69) is 25.7 Å². The SMILES string of the molecule is CC(C)N1C(C)CC2CCCC1C2. The van der Waals surface area contributed by atoms with E-state index in [0.717, 1.165) is 24.0 Å². The van der Waals surface area contributed by atoms with E-state index in [1.54, 1.807) is 0 Å². The zero-order chi connectivity index (χ0) is 9.42. The third-order valence-electron chi connectivity index (χ3n) is 3.96. The van der Waals surface area contributed by atoms with E-state index >= 15 is 0 Å². The third kappa shape index (κ3) is 1.76. The van der Waals surface area contributed by atoms with E-state index in [4.69, 9.17) is 0 Å². The topological polar surface area (TPSA) is 3.24 Å². The van der Waals surface area contributed by atoms with Crippen LogP contribution in [0.5, 0.6) is 0 Å². The summed E-state index contributed by atoms with van der Waals surface area (Å²) in [5.41, 5.74) is 0. The number of hydrogen-bond acceptors (Lipinski definition) is 1. The normalized spacial score (nSPS) is 41.1. The van der Waals surface area contributed by atoms with Crippen molar-refractivity contribution in [1.82, 2.24) is 4.90 Å². The molecule has 2 aliphatic rings. The summed E-state index contributed by atoms with van der Waals surface area (Å²) in [4.78, 5) is 2.76. The number of nitrogens with zero attached hydrogens (tertiary/aromatic N) is 1. The van der Waals surface area contributed by atoms with Crippen LogP contribution in [0.1, 0.15) is 52.9 Å². The lowest BCUT2D eigenvalue weighted by Crippen LogP contribution is -2.52. The standard InChI is InChI=1S/C12H23N/c1-9(2)13-10(3)7-11-5-4-6-12(13)8-11/h9-12H,4-8H2,1-3H3. The van der Waals surface area contributed by atoms with E-state index < -0.39 is 0 Å². The first-order chi connectivity index (χ1) is 6.18. The first-order valence-corrected chi connectivity index (χ1v) is 5.96. The summed E-state index contributed by atoms with van der Waals surface area (Å²) < 4.78 is 0. The summed E-state index contributed by atoms with van der Waals surface area (Å²) in [5.74, 6) is 1.06. The van der Waals surface area contributed by atoms with Crippen LogP contribution in [-0.2, 0) is 0 Å². The highest BCUT2D eigenvalue weighted by molar-refractivity contribution is 4.91. The van der Waals surface area contributed by atoms with Gasteiger partial charge in [0.25, 0.3) is 0 Å². The summed E-state index contributed by atoms with van der Waals surface area (Å²) >= 11 is 0. The maximum absolute atomic E-state index is 2.76. The molecule has 3 atom stereocenters. The fourth-order valence-electron chi connectivity index (χ4n) is 3.64. The second-order valence-electron chi connectivity index (χ2n) is 5.31. The molecule has 1 saturated carbocycles. The molecule has 1 nitrogen and oxygen atoms in total. The maximum atomic E-state index is 2.76. The molecule has 0 spiro atoms. The molecule has 2 bridgehead atoms. The van der Waals surface area contributed by atoms with Crippen LogP contribution >= 0.6 is 0 Å². The highest BCUT2D eigenvalue weighted by atomic mass is 15.2. The molecule has 0 N–H and O–H groups in total. The van der Waals surface area contributed by atoms with Gasteiger partial charge in [0, 0.05) is 18.1 Å². The quantitative estimate of drug-likeness (QED) is 0.601. The Morgan fingerprint density at radius 3 is 2.62 bits per heavy atom. The van der Waals surface area contributed by atoms with Crippen molar-refractivity contribution in [2.45, 2.75) is 71.0 Å². The van der Waals surface area contributed by atoms with Crippen LogP contribution in [0.2, 0.25) is 0 Å². The average molecular weight is 181 g/mol. The second kappa shape index (κ2) is 3.61. The van der Waals surface area contributed by atoms with Gasteiger partial charge in [0.15, 0.2) is 0 Å². The molecule has 0 aromatic rings. The summed E-state index contributed by atoms with van der Waals surface area (Å²) in [7, 11) is 0. The number of hydrogen-bond donors (Lipinski definition) is 0. The van der Waals surface area contributed by atoms with Crippen molar-refractivity contribution in [3.63, 3.8) is 0 Å². The van der Waals surface area contributed by atoms with Gasteiger partial charge in [-0.25, -0.2) is 0 Å². The molecule has 0 radical (unpaired) electrons. The molecule has 1 saturated heterocycles. The Bertz CT molecular complexity index is 174. The van der Waals surface area contributed by atoms with Gasteiger partial charge >= 0.3 is 0 Å². The Hall–Kier alpha value is -0.0400. The Morgan fingerprint density at radius 1 is 1.15 bits per heavy atom. The number of piperidine rings is 1. The van der Waals surface area contributed by atoms with Gasteiger partial charge in [-0.3, -0.25) is 4.90 Å². The van der Waals surface area contributed by atoms with Crippen molar-refractivity contribution in [1.29, 1.82) is 0 Å². The monoisotopic (exact) mass is 181 g/mol. The Labute approximate surface area is 82.5 Å². The second-order valence-corrected chi connectivity index (χ2v) is 5.31. The Kier molecular flexibility index (Phi) is 2.64. The van der Waals surface area contributed by atoms with Crippen LogP contribution in [0.3, 0.4) is 0 Å². The van der Waals surface area contributed by atoms with Gasteiger partial charge in [-0.15, -0.1) is 0 Å². The zero-order valence-electron chi connectivity index (χ0n) is 9.29. The Morgan fingerprint density at radius 2 is 1.92 bits per heavy atom. The lowest BCUT2D eigenvalue weighted by atomic mass is 9.76. The highest BCUT2D eigenvalue weighted by Gasteiger charge is 2.36. The summed E-state index contributed by atoms with van der Waals surface area (Å²) in [6.07, 6.45) is 7.38. The molecule has 1 heteroatoms. The largest absolute Gasteiger partial charge is 0.295 e. The third-order valence-corrected chi connectivity index (χ3v) is 3.96. The zero-order valence-corrected chi connectivity index (χ0v) is 9.29. The number of rotatable bonds is 1. The lowest BCUT2D eigenvalue weighted by molar-refractivity contribution is 0.00634. The van der Waals surface area contributed by atoms with Crippen LogP contribution in [0.25, 0.3) is 0 Å². The maximum Gasteiger partial charge on any atom is 0.0103 e. The number of fused-ring (bicyclic) bond motifs is 2. The smallest absolute Gasteiger partial charge is 0.0103 e. The minimum atomic E-state index is 0.749. The first-order valence-electron chi connectivity index (χ1n) is 5.96. The van der Waals surface area contributed by atoms with Gasteiger partial charge in [-0.1, -0.05) is 12.8 Å². The lowest BCUT2D eigenvalue weighted by Gasteiger charge is -2.49. The average Bonchev–Trinajstić information content (AvgIpc) is 2.02. The molecule has 13 heavy (non-hydrogen) atoms. The van der Waals surface area contributed by atoms with Crippen LogP contribution in [0.4, 0.5) is 0 Å². The van der Waals surface area contributed by atoms with Crippen LogP contribution < -0.4 is 0 Å². The van der Waals surface area contributed by atoms with Crippen LogP contribution in [-0.4, -0.2) is 23.0 Å². The molecule has 3 unspecified atom stereocenters. The van der Waals surface area contributed by atoms with Gasteiger partial charge < -0.3 is 0 Å². The van der Waals surface area contributed by atoms with Crippen LogP contribution in [0.15, 0.2) is 0 Å². The predicted octanol–water partition coefficient (Wildman–Crippen LogP) is 3.05. The predicted molar refractivity (Wildman–Crippen MR) is 56.8 cm³/mol. The minimum Gasteiger partial charge on any atom is -0.295 e. The van der Waals surface area contributed by atoms with Crippen molar-refractivity contribution in [3.8, 4) is 0 Å². The van der Waals surface area contributed by atoms with E-state index in [-0.39, 0.29) is 0 Å². The molecule has 0 amide bonds. The Balaban J connectivity index is 2.08. The molecule has 1 aliphatic heterocycles. The van der Waals surface area contributed by atoms with E-state index in [1.165, 1.54) is 32.1 Å². The summed E-state index contributed by atoms with van der Waals surface area (Å²) in [6, 6.07) is 2.51. The summed E-state index contributed by atoms with van der Waals surface area (Å²) in [6.45, 7) is 7.13. The molecule has 2 rings (SSSR count).